The summed E-state index contributed by atoms with van der Waals surface area (Å²) in [4.78, 5) is 28.2. The Hall–Kier alpha value is -3.07. The van der Waals surface area contributed by atoms with E-state index in [1.54, 1.807) is 36.3 Å². The largest absolute Gasteiger partial charge is 0.497 e. The fourth-order valence-corrected chi connectivity index (χ4v) is 4.89. The number of amides is 2. The van der Waals surface area contributed by atoms with Crippen molar-refractivity contribution in [2.45, 2.75) is 65.1 Å². The molecule has 2 unspecified atom stereocenters. The number of anilines is 1. The molecular formula is C27H39N3O5S. The lowest BCUT2D eigenvalue weighted by atomic mass is 10.1. The summed E-state index contributed by atoms with van der Waals surface area (Å²) in [5, 5.41) is 2.99. The van der Waals surface area contributed by atoms with Gasteiger partial charge in [-0.1, -0.05) is 44.2 Å². The van der Waals surface area contributed by atoms with Gasteiger partial charge in [-0.3, -0.25) is 13.9 Å². The number of rotatable bonds is 14. The molecular weight excluding hydrogens is 478 g/mol. The number of ether oxygens (including phenoxy) is 1. The number of hydrogen-bond acceptors (Lipinski definition) is 5. The van der Waals surface area contributed by atoms with Gasteiger partial charge < -0.3 is 15.0 Å². The Morgan fingerprint density at radius 3 is 2.31 bits per heavy atom. The smallest absolute Gasteiger partial charge is 0.243 e. The fourth-order valence-electron chi connectivity index (χ4n) is 3.93. The van der Waals surface area contributed by atoms with Crippen molar-refractivity contribution in [3.63, 3.8) is 0 Å². The van der Waals surface area contributed by atoms with Gasteiger partial charge in [0.25, 0.3) is 0 Å². The van der Waals surface area contributed by atoms with Crippen molar-refractivity contribution in [1.29, 1.82) is 0 Å². The summed E-state index contributed by atoms with van der Waals surface area (Å²) in [6.07, 6.45) is 2.82. The quantitative estimate of drug-likeness (QED) is 0.409. The highest BCUT2D eigenvalue weighted by Gasteiger charge is 2.29. The number of nitrogens with one attached hydrogen (secondary N) is 1. The van der Waals surface area contributed by atoms with Crippen LogP contribution in [0.3, 0.4) is 0 Å². The molecule has 0 heterocycles. The van der Waals surface area contributed by atoms with E-state index in [2.05, 4.69) is 5.32 Å². The van der Waals surface area contributed by atoms with Gasteiger partial charge in [-0.2, -0.15) is 0 Å². The highest BCUT2D eigenvalue weighted by atomic mass is 32.2. The Morgan fingerprint density at radius 2 is 1.72 bits per heavy atom. The first-order valence-electron chi connectivity index (χ1n) is 12.4. The molecule has 0 radical (unpaired) electrons. The molecule has 0 aliphatic rings. The standard InChI is InChI=1S/C27H39N3O5S/c1-6-21(3)28-27(32)25(7-2)29(20-22-13-11-16-24(19-22)35-4)26(31)17-12-18-30(36(5,33)34)23-14-9-8-10-15-23/h8-11,13-16,19,21,25H,6-7,12,17-18,20H2,1-5H3,(H,28,32). The van der Waals surface area contributed by atoms with Gasteiger partial charge in [0.2, 0.25) is 21.8 Å². The maximum Gasteiger partial charge on any atom is 0.243 e. The number of carbonyl (C=O) groups excluding carboxylic acids is 2. The number of hydrogen-bond donors (Lipinski definition) is 1. The zero-order chi connectivity index (χ0) is 26.7. The van der Waals surface area contributed by atoms with E-state index in [9.17, 15) is 18.0 Å². The lowest BCUT2D eigenvalue weighted by Crippen LogP contribution is -2.50. The maximum atomic E-state index is 13.5. The molecule has 0 aromatic heterocycles. The van der Waals surface area contributed by atoms with E-state index in [-0.39, 0.29) is 37.4 Å². The van der Waals surface area contributed by atoms with Crippen LogP contribution in [0.4, 0.5) is 5.69 Å². The number of para-hydroxylation sites is 1. The summed E-state index contributed by atoms with van der Waals surface area (Å²) in [7, 11) is -1.93. The molecule has 9 heteroatoms. The Kier molecular flexibility index (Phi) is 11.2. The van der Waals surface area contributed by atoms with E-state index in [0.29, 0.717) is 24.3 Å². The number of methoxy groups -OCH3 is 1. The Labute approximate surface area is 215 Å². The third-order valence-corrected chi connectivity index (χ3v) is 7.26. The summed E-state index contributed by atoms with van der Waals surface area (Å²) < 4.78 is 31.4. The second kappa shape index (κ2) is 13.9. The molecule has 2 aromatic carbocycles. The third-order valence-electron chi connectivity index (χ3n) is 6.07. The van der Waals surface area contributed by atoms with Crippen LogP contribution in [0, 0.1) is 0 Å². The van der Waals surface area contributed by atoms with E-state index in [1.165, 1.54) is 4.31 Å². The minimum absolute atomic E-state index is 0.00508. The van der Waals surface area contributed by atoms with Crippen LogP contribution in [-0.2, 0) is 26.2 Å². The van der Waals surface area contributed by atoms with Crippen LogP contribution in [-0.4, -0.2) is 57.1 Å². The molecule has 2 amide bonds. The number of benzene rings is 2. The summed E-state index contributed by atoms with van der Waals surface area (Å²) in [5.41, 5.74) is 1.40. The van der Waals surface area contributed by atoms with Crippen molar-refractivity contribution >= 4 is 27.5 Å². The first-order chi connectivity index (χ1) is 17.1. The molecule has 2 rings (SSSR count). The molecule has 1 N–H and O–H groups in total. The molecule has 0 fully saturated rings. The van der Waals surface area contributed by atoms with Crippen molar-refractivity contribution in [2.75, 3.05) is 24.2 Å². The first-order valence-corrected chi connectivity index (χ1v) is 14.2. The number of nitrogens with zero attached hydrogens (tertiary/aromatic N) is 2. The van der Waals surface area contributed by atoms with E-state index in [0.717, 1.165) is 18.2 Å². The lowest BCUT2D eigenvalue weighted by molar-refractivity contribution is -0.141. The Bertz CT molecular complexity index is 1090. The van der Waals surface area contributed by atoms with Gasteiger partial charge in [-0.15, -0.1) is 0 Å². The van der Waals surface area contributed by atoms with Crippen LogP contribution in [0.25, 0.3) is 0 Å². The van der Waals surface area contributed by atoms with Gasteiger partial charge in [0.1, 0.15) is 11.8 Å². The van der Waals surface area contributed by atoms with Crippen molar-refractivity contribution < 1.29 is 22.7 Å². The first kappa shape index (κ1) is 29.2. The van der Waals surface area contributed by atoms with Gasteiger partial charge in [0, 0.05) is 25.6 Å². The summed E-state index contributed by atoms with van der Waals surface area (Å²) in [6, 6.07) is 15.6. The minimum Gasteiger partial charge on any atom is -0.497 e. The Balaban J connectivity index is 2.23. The van der Waals surface area contributed by atoms with E-state index >= 15 is 0 Å². The average molecular weight is 518 g/mol. The fraction of sp³-hybridized carbons (Fsp3) is 0.481. The lowest BCUT2D eigenvalue weighted by Gasteiger charge is -2.32. The minimum atomic E-state index is -3.51. The van der Waals surface area contributed by atoms with E-state index < -0.39 is 16.1 Å². The molecule has 0 aliphatic heterocycles. The van der Waals surface area contributed by atoms with E-state index in [1.807, 2.05) is 51.1 Å². The van der Waals surface area contributed by atoms with Gasteiger partial charge in [-0.25, -0.2) is 8.42 Å². The Morgan fingerprint density at radius 1 is 1.03 bits per heavy atom. The molecule has 198 valence electrons. The molecule has 0 saturated carbocycles. The van der Waals surface area contributed by atoms with Crippen LogP contribution in [0.15, 0.2) is 54.6 Å². The van der Waals surface area contributed by atoms with Crippen LogP contribution in [0.2, 0.25) is 0 Å². The normalized spacial score (nSPS) is 12.9. The summed E-state index contributed by atoms with van der Waals surface area (Å²) >= 11 is 0. The van der Waals surface area contributed by atoms with Crippen molar-refractivity contribution in [3.05, 3.63) is 60.2 Å². The van der Waals surface area contributed by atoms with Gasteiger partial charge in [0.15, 0.2) is 0 Å². The van der Waals surface area contributed by atoms with Gasteiger partial charge >= 0.3 is 0 Å². The SMILES string of the molecule is CCC(C)NC(=O)C(CC)N(Cc1cccc(OC)c1)C(=O)CCCN(c1ccccc1)S(C)(=O)=O. The number of sulfonamides is 1. The van der Waals surface area contributed by atoms with Crippen molar-refractivity contribution in [1.82, 2.24) is 10.2 Å². The average Bonchev–Trinajstić information content (AvgIpc) is 2.86. The van der Waals surface area contributed by atoms with Crippen molar-refractivity contribution in [3.8, 4) is 5.75 Å². The zero-order valence-electron chi connectivity index (χ0n) is 21.9. The molecule has 0 saturated heterocycles. The zero-order valence-corrected chi connectivity index (χ0v) is 22.8. The molecule has 0 aliphatic carbocycles. The molecule has 2 atom stereocenters. The molecule has 0 bridgehead atoms. The maximum absolute atomic E-state index is 13.5. The summed E-state index contributed by atoms with van der Waals surface area (Å²) in [5.74, 6) is 0.277. The topological polar surface area (TPSA) is 96.0 Å². The van der Waals surface area contributed by atoms with Crippen molar-refractivity contribution in [2.24, 2.45) is 0 Å². The molecule has 0 spiro atoms. The highest BCUT2D eigenvalue weighted by molar-refractivity contribution is 7.92. The second-order valence-electron chi connectivity index (χ2n) is 8.89. The summed E-state index contributed by atoms with van der Waals surface area (Å²) in [6.45, 7) is 6.22. The van der Waals surface area contributed by atoms with Crippen LogP contribution in [0.1, 0.15) is 52.0 Å². The van der Waals surface area contributed by atoms with Gasteiger partial charge in [0.05, 0.1) is 19.1 Å². The monoisotopic (exact) mass is 517 g/mol. The van der Waals surface area contributed by atoms with Crippen LogP contribution in [0.5, 0.6) is 5.75 Å². The highest BCUT2D eigenvalue weighted by Crippen LogP contribution is 2.20. The van der Waals surface area contributed by atoms with E-state index in [4.69, 9.17) is 4.74 Å². The predicted octanol–water partition coefficient (Wildman–Crippen LogP) is 3.96. The number of carbonyl (C=O) groups is 2. The predicted molar refractivity (Wildman–Crippen MR) is 143 cm³/mol. The molecule has 8 nitrogen and oxygen atoms in total. The van der Waals surface area contributed by atoms with Gasteiger partial charge in [-0.05, 0) is 56.0 Å². The third kappa shape index (κ3) is 8.55. The second-order valence-corrected chi connectivity index (χ2v) is 10.8. The van der Waals surface area contributed by atoms with Crippen LogP contribution >= 0.6 is 0 Å². The molecule has 36 heavy (non-hydrogen) atoms. The molecule has 2 aromatic rings. The van der Waals surface area contributed by atoms with Crippen LogP contribution < -0.4 is 14.4 Å².